The Morgan fingerprint density at radius 3 is 0.967 bits per heavy atom. The number of unbranched alkanes of at least 4 members (excludes halogenated alkanes) is 17. The Morgan fingerprint density at radius 2 is 0.733 bits per heavy atom. The molecule has 0 spiro atoms. The Morgan fingerprint density at radius 1 is 0.533 bits per heavy atom. The van der Waals surface area contributed by atoms with E-state index in [-0.39, 0.29) is 0 Å². The van der Waals surface area contributed by atoms with Crippen LogP contribution in [0.3, 0.4) is 0 Å². The van der Waals surface area contributed by atoms with Gasteiger partial charge in [-0.25, -0.2) is 0 Å². The predicted octanol–water partition coefficient (Wildman–Crippen LogP) is 8.52. The third-order valence-electron chi connectivity index (χ3n) is 5.85. The monoisotopic (exact) mass is 458 g/mol. The summed E-state index contributed by atoms with van der Waals surface area (Å²) in [6.07, 6.45) is 31.1. The van der Waals surface area contributed by atoms with E-state index in [1.54, 1.807) is 12.8 Å². The van der Waals surface area contributed by atoms with Gasteiger partial charge in [0, 0.05) is 0 Å². The van der Waals surface area contributed by atoms with Gasteiger partial charge < -0.3 is 0 Å². The second-order valence-electron chi connectivity index (χ2n) is 9.14. The van der Waals surface area contributed by atoms with Crippen LogP contribution in [0.4, 0.5) is 0 Å². The third-order valence-corrected chi connectivity index (χ3v) is 7.01. The molecule has 0 saturated heterocycles. The average molecular weight is 459 g/mol. The van der Waals surface area contributed by atoms with Crippen LogP contribution >= 0.6 is 0 Å². The minimum absolute atomic E-state index is 1.11. The van der Waals surface area contributed by atoms with Gasteiger partial charge in [0.15, 0.2) is 0 Å². The first-order chi connectivity index (χ1) is 14.3. The van der Waals surface area contributed by atoms with Crippen LogP contribution in [-0.2, 0) is 10.4 Å². The van der Waals surface area contributed by atoms with Gasteiger partial charge in [0.1, 0.15) is 0 Å². The van der Waals surface area contributed by atoms with E-state index in [0.717, 1.165) is 3.17 Å². The molecule has 0 aliphatic rings. The summed E-state index contributed by atoms with van der Waals surface area (Å²) in [5.41, 5.74) is 0. The Bertz CT molecular complexity index is 407. The summed E-state index contributed by atoms with van der Waals surface area (Å²) in [6.45, 7) is 4.61. The first kappa shape index (κ1) is 33.0. The van der Waals surface area contributed by atoms with Crippen LogP contribution in [0.2, 0.25) is 3.17 Å². The fourth-order valence-corrected chi connectivity index (χ4v) is 4.74. The maximum absolute atomic E-state index is 8.74. The molecule has 178 valence electrons. The summed E-state index contributed by atoms with van der Waals surface area (Å²) in [4.78, 5) is 0. The van der Waals surface area contributed by atoms with Crippen LogP contribution in [0.15, 0.2) is 0 Å². The second kappa shape index (κ2) is 26.1. The molecule has 0 aliphatic heterocycles. The van der Waals surface area contributed by atoms with Crippen LogP contribution in [0.5, 0.6) is 0 Å². The van der Waals surface area contributed by atoms with Gasteiger partial charge in [-0.1, -0.05) is 6.92 Å². The van der Waals surface area contributed by atoms with Crippen LogP contribution in [0.1, 0.15) is 149 Å². The molecule has 0 aromatic carbocycles. The number of hydrogen-bond acceptors (Lipinski definition) is 2. The molecule has 0 heterocycles. The number of rotatable bonds is 21. The molecule has 1 unspecified atom stereocenters. The fraction of sp³-hybridized carbons (Fsp3) is 1.00. The van der Waals surface area contributed by atoms with Crippen molar-refractivity contribution in [2.24, 2.45) is 0 Å². The predicted molar refractivity (Wildman–Crippen MR) is 132 cm³/mol. The summed E-state index contributed by atoms with van der Waals surface area (Å²) in [5.74, 6) is 0. The standard InChI is InChI=1S/C24H49.Na.H2O4S/c1-3-5-7-9-11-13-15-17-19-21-23-24-22-20-18-16-14-12-10-8-6-4-2;;1-5(2,3)4/h23H,3-22,24H2,1-2H3;;(H2,1,2,3,4). The Labute approximate surface area is 206 Å². The van der Waals surface area contributed by atoms with Crippen LogP contribution < -0.4 is 0 Å². The van der Waals surface area contributed by atoms with Crippen LogP contribution in [0, 0.1) is 0 Å². The van der Waals surface area contributed by atoms with Gasteiger partial charge in [0.2, 0.25) is 0 Å². The summed E-state index contributed by atoms with van der Waals surface area (Å²) in [6, 6.07) is 0. The van der Waals surface area contributed by atoms with Gasteiger partial charge in [-0.3, -0.25) is 9.11 Å². The van der Waals surface area contributed by atoms with E-state index >= 15 is 0 Å². The zero-order valence-electron chi connectivity index (χ0n) is 20.5. The molecule has 1 atom stereocenters. The zero-order valence-corrected chi connectivity index (χ0v) is 23.4. The van der Waals surface area contributed by atoms with Crippen molar-refractivity contribution in [3.8, 4) is 0 Å². The minimum Gasteiger partial charge on any atom is -0.264 e. The molecule has 2 N–H and O–H groups in total. The maximum atomic E-state index is 8.74. The molecule has 0 saturated carbocycles. The summed E-state index contributed by atoms with van der Waals surface area (Å²) < 4.78 is 32.7. The first-order valence-corrected chi connectivity index (χ1v) is 15.6. The molecule has 4 nitrogen and oxygen atoms in total. The van der Waals surface area contributed by atoms with Crippen molar-refractivity contribution < 1.29 is 17.5 Å². The molecular weight excluding hydrogens is 407 g/mol. The third kappa shape index (κ3) is 39.4. The molecule has 6 heteroatoms. The fourth-order valence-electron chi connectivity index (χ4n) is 3.93. The summed E-state index contributed by atoms with van der Waals surface area (Å²) >= 11 is 1.43. The number of hydrogen-bond donors (Lipinski definition) is 2. The first-order valence-electron chi connectivity index (χ1n) is 13.0. The quantitative estimate of drug-likeness (QED) is 0.103. The molecule has 30 heavy (non-hydrogen) atoms. The molecule has 0 rings (SSSR count). The molecule has 0 aromatic rings. The van der Waals surface area contributed by atoms with E-state index in [9.17, 15) is 0 Å². The van der Waals surface area contributed by atoms with Crippen molar-refractivity contribution in [3.63, 3.8) is 0 Å². The van der Waals surface area contributed by atoms with E-state index in [1.165, 1.54) is 150 Å². The van der Waals surface area contributed by atoms with Crippen LogP contribution in [0.25, 0.3) is 0 Å². The van der Waals surface area contributed by atoms with Crippen molar-refractivity contribution in [2.75, 3.05) is 0 Å². The molecule has 0 radical (unpaired) electrons. The SMILES string of the molecule is CCCCCCCCCCCC[CH]([Na])CCCCCCCCCCC.O=S(=O)(O)O. The van der Waals surface area contributed by atoms with Gasteiger partial charge >= 0.3 is 183 Å². The molecule has 0 aromatic heterocycles. The van der Waals surface area contributed by atoms with Crippen molar-refractivity contribution in [1.82, 2.24) is 0 Å². The van der Waals surface area contributed by atoms with Gasteiger partial charge in [0.05, 0.1) is 0 Å². The summed E-state index contributed by atoms with van der Waals surface area (Å²) in [5, 5.41) is 0. The van der Waals surface area contributed by atoms with Gasteiger partial charge in [-0.15, -0.1) is 0 Å². The van der Waals surface area contributed by atoms with E-state index in [0.29, 0.717) is 0 Å². The molecule has 0 amide bonds. The molecular formula is C24H51NaO4S. The topological polar surface area (TPSA) is 74.6 Å². The van der Waals surface area contributed by atoms with E-state index < -0.39 is 10.4 Å². The van der Waals surface area contributed by atoms with Crippen molar-refractivity contribution >= 4 is 38.3 Å². The Hall–Kier alpha value is 0.870. The normalized spacial score (nSPS) is 12.5. The molecule has 0 fully saturated rings. The van der Waals surface area contributed by atoms with Gasteiger partial charge in [0.25, 0.3) is 0 Å². The Balaban J connectivity index is 0. The minimum atomic E-state index is -4.67. The Kier molecular flexibility index (Phi) is 28.8. The average Bonchev–Trinajstić information content (AvgIpc) is 2.67. The zero-order chi connectivity index (χ0) is 22.9. The van der Waals surface area contributed by atoms with E-state index in [4.69, 9.17) is 17.5 Å². The van der Waals surface area contributed by atoms with Crippen molar-refractivity contribution in [2.45, 2.75) is 152 Å². The van der Waals surface area contributed by atoms with Crippen molar-refractivity contribution in [1.29, 1.82) is 0 Å². The molecule has 0 bridgehead atoms. The van der Waals surface area contributed by atoms with Gasteiger partial charge in [-0.2, -0.15) is 8.42 Å². The van der Waals surface area contributed by atoms with Gasteiger partial charge in [-0.05, 0) is 0 Å². The smallest absolute Gasteiger partial charge is 0.264 e. The summed E-state index contributed by atoms with van der Waals surface area (Å²) in [7, 11) is -4.67. The molecule has 0 aliphatic carbocycles. The second-order valence-corrected chi connectivity index (χ2v) is 11.7. The van der Waals surface area contributed by atoms with E-state index in [1.807, 2.05) is 0 Å². The van der Waals surface area contributed by atoms with E-state index in [2.05, 4.69) is 13.8 Å². The van der Waals surface area contributed by atoms with Crippen LogP contribution in [-0.4, -0.2) is 45.5 Å². The van der Waals surface area contributed by atoms with Crippen molar-refractivity contribution in [3.05, 3.63) is 0 Å².